The van der Waals surface area contributed by atoms with Crippen LogP contribution in [0.3, 0.4) is 0 Å². The highest BCUT2D eigenvalue weighted by Gasteiger charge is 2.16. The molecule has 0 aliphatic carbocycles. The summed E-state index contributed by atoms with van der Waals surface area (Å²) in [6, 6.07) is 22.3. The summed E-state index contributed by atoms with van der Waals surface area (Å²) in [6.45, 7) is 1.82. The standard InChI is InChI=1S/C24H20N4O3S/c1-17-7-5-6-10-22(17)28-32(30,31)21-13-11-19(12-14-21)24(29)27-20-15-25-23(26-16-20)18-8-3-2-4-9-18/h2-16,28H,1H3,(H,27,29). The van der Waals surface area contributed by atoms with Crippen LogP contribution in [-0.2, 0) is 10.0 Å². The molecular weight excluding hydrogens is 424 g/mol. The minimum Gasteiger partial charge on any atom is -0.319 e. The maximum atomic E-state index is 12.6. The summed E-state index contributed by atoms with van der Waals surface area (Å²) in [6.07, 6.45) is 3.05. The summed E-state index contributed by atoms with van der Waals surface area (Å²) in [5, 5.41) is 2.71. The predicted octanol–water partition coefficient (Wildman–Crippen LogP) is 4.51. The van der Waals surface area contributed by atoms with Gasteiger partial charge in [0.15, 0.2) is 5.82 Å². The third kappa shape index (κ3) is 4.81. The van der Waals surface area contributed by atoms with Gasteiger partial charge in [0.1, 0.15) is 0 Å². The lowest BCUT2D eigenvalue weighted by Crippen LogP contribution is -2.15. The van der Waals surface area contributed by atoms with Gasteiger partial charge in [-0.25, -0.2) is 18.4 Å². The zero-order valence-electron chi connectivity index (χ0n) is 17.2. The highest BCUT2D eigenvalue weighted by molar-refractivity contribution is 7.92. The van der Waals surface area contributed by atoms with Crippen molar-refractivity contribution in [3.05, 3.63) is 102 Å². The lowest BCUT2D eigenvalue weighted by atomic mass is 10.2. The van der Waals surface area contributed by atoms with E-state index in [-0.39, 0.29) is 4.90 Å². The molecule has 2 N–H and O–H groups in total. The van der Waals surface area contributed by atoms with E-state index >= 15 is 0 Å². The average Bonchev–Trinajstić information content (AvgIpc) is 2.81. The van der Waals surface area contributed by atoms with E-state index in [0.717, 1.165) is 11.1 Å². The van der Waals surface area contributed by atoms with Gasteiger partial charge >= 0.3 is 0 Å². The fraction of sp³-hybridized carbons (Fsp3) is 0.0417. The third-order valence-corrected chi connectivity index (χ3v) is 6.14. The Balaban J connectivity index is 1.44. The molecule has 3 aromatic carbocycles. The lowest BCUT2D eigenvalue weighted by molar-refractivity contribution is 0.102. The molecule has 4 aromatic rings. The third-order valence-electron chi connectivity index (χ3n) is 4.76. The molecule has 0 aliphatic heterocycles. The molecule has 7 nitrogen and oxygen atoms in total. The number of carbonyl (C=O) groups is 1. The van der Waals surface area contributed by atoms with Crippen LogP contribution in [-0.4, -0.2) is 24.3 Å². The number of hydrogen-bond acceptors (Lipinski definition) is 5. The summed E-state index contributed by atoms with van der Waals surface area (Å²) in [7, 11) is -3.77. The molecule has 0 atom stereocenters. The van der Waals surface area contributed by atoms with Crippen LogP contribution in [0.1, 0.15) is 15.9 Å². The van der Waals surface area contributed by atoms with Crippen LogP contribution < -0.4 is 10.0 Å². The molecule has 8 heteroatoms. The highest BCUT2D eigenvalue weighted by Crippen LogP contribution is 2.20. The second kappa shape index (κ2) is 8.99. The van der Waals surface area contributed by atoms with Crippen molar-refractivity contribution < 1.29 is 13.2 Å². The molecule has 0 saturated carbocycles. The topological polar surface area (TPSA) is 101 Å². The second-order valence-electron chi connectivity index (χ2n) is 7.06. The van der Waals surface area contributed by atoms with Gasteiger partial charge in [-0.05, 0) is 42.8 Å². The molecule has 0 radical (unpaired) electrons. The van der Waals surface area contributed by atoms with Crippen LogP contribution in [0.4, 0.5) is 11.4 Å². The quantitative estimate of drug-likeness (QED) is 0.456. The SMILES string of the molecule is Cc1ccccc1NS(=O)(=O)c1ccc(C(=O)Nc2cnc(-c3ccccc3)nc2)cc1. The van der Waals surface area contributed by atoms with Crippen molar-refractivity contribution in [3.8, 4) is 11.4 Å². The molecule has 0 spiro atoms. The minimum atomic E-state index is -3.77. The Labute approximate surface area is 186 Å². The van der Waals surface area contributed by atoms with E-state index in [1.165, 1.54) is 36.7 Å². The molecule has 0 aliphatic rings. The van der Waals surface area contributed by atoms with Gasteiger partial charge in [-0.1, -0.05) is 48.5 Å². The lowest BCUT2D eigenvalue weighted by Gasteiger charge is -2.11. The Morgan fingerprint density at radius 1 is 0.812 bits per heavy atom. The van der Waals surface area contributed by atoms with Crippen molar-refractivity contribution in [2.24, 2.45) is 0 Å². The number of aryl methyl sites for hydroxylation is 1. The first-order valence-electron chi connectivity index (χ1n) is 9.80. The first-order chi connectivity index (χ1) is 15.4. The van der Waals surface area contributed by atoms with Crippen molar-refractivity contribution in [2.75, 3.05) is 10.0 Å². The zero-order chi connectivity index (χ0) is 22.6. The maximum absolute atomic E-state index is 12.6. The van der Waals surface area contributed by atoms with Crippen LogP contribution in [0.5, 0.6) is 0 Å². The van der Waals surface area contributed by atoms with Gasteiger partial charge in [0.25, 0.3) is 15.9 Å². The molecule has 0 saturated heterocycles. The van der Waals surface area contributed by atoms with Crippen molar-refractivity contribution >= 4 is 27.3 Å². The van der Waals surface area contributed by atoms with Crippen LogP contribution in [0, 0.1) is 6.92 Å². The number of benzene rings is 3. The smallest absolute Gasteiger partial charge is 0.261 e. The Bertz CT molecular complexity index is 1340. The molecule has 0 fully saturated rings. The Kier molecular flexibility index (Phi) is 5.96. The summed E-state index contributed by atoms with van der Waals surface area (Å²) in [5.74, 6) is 0.163. The Morgan fingerprint density at radius 3 is 2.09 bits per heavy atom. The molecular formula is C24H20N4O3S. The van der Waals surface area contributed by atoms with E-state index in [9.17, 15) is 13.2 Å². The fourth-order valence-electron chi connectivity index (χ4n) is 3.01. The molecule has 1 heterocycles. The molecule has 1 amide bonds. The summed E-state index contributed by atoms with van der Waals surface area (Å²) >= 11 is 0. The monoisotopic (exact) mass is 444 g/mol. The second-order valence-corrected chi connectivity index (χ2v) is 8.74. The number of anilines is 2. The molecule has 0 bridgehead atoms. The van der Waals surface area contributed by atoms with Gasteiger partial charge in [0, 0.05) is 11.1 Å². The first kappa shape index (κ1) is 21.2. The first-order valence-corrected chi connectivity index (χ1v) is 11.3. The zero-order valence-corrected chi connectivity index (χ0v) is 18.0. The molecule has 160 valence electrons. The average molecular weight is 445 g/mol. The van der Waals surface area contributed by atoms with Crippen LogP contribution in [0.2, 0.25) is 0 Å². The van der Waals surface area contributed by atoms with E-state index in [2.05, 4.69) is 20.0 Å². The van der Waals surface area contributed by atoms with E-state index in [4.69, 9.17) is 0 Å². The summed E-state index contributed by atoms with van der Waals surface area (Å²) in [5.41, 5.74) is 2.95. The number of amides is 1. The number of carbonyl (C=O) groups excluding carboxylic acids is 1. The molecule has 32 heavy (non-hydrogen) atoms. The minimum absolute atomic E-state index is 0.0628. The predicted molar refractivity (Wildman–Crippen MR) is 124 cm³/mol. The number of nitrogens with one attached hydrogen (secondary N) is 2. The van der Waals surface area contributed by atoms with E-state index < -0.39 is 15.9 Å². The number of hydrogen-bond donors (Lipinski definition) is 2. The number of para-hydroxylation sites is 1. The van der Waals surface area contributed by atoms with Gasteiger partial charge in [-0.3, -0.25) is 9.52 Å². The van der Waals surface area contributed by atoms with Crippen molar-refractivity contribution in [1.82, 2.24) is 9.97 Å². The number of nitrogens with zero attached hydrogens (tertiary/aromatic N) is 2. The van der Waals surface area contributed by atoms with Gasteiger partial charge in [0.2, 0.25) is 0 Å². The number of sulfonamides is 1. The summed E-state index contributed by atoms with van der Waals surface area (Å²) in [4.78, 5) is 21.1. The normalized spacial score (nSPS) is 11.0. The van der Waals surface area contributed by atoms with Crippen molar-refractivity contribution in [3.63, 3.8) is 0 Å². The van der Waals surface area contributed by atoms with E-state index in [1.807, 2.05) is 49.4 Å². The summed E-state index contributed by atoms with van der Waals surface area (Å²) < 4.78 is 27.9. The molecule has 1 aromatic heterocycles. The molecule has 4 rings (SSSR count). The van der Waals surface area contributed by atoms with Crippen LogP contribution in [0.25, 0.3) is 11.4 Å². The Morgan fingerprint density at radius 2 is 1.44 bits per heavy atom. The van der Waals surface area contributed by atoms with Crippen LogP contribution in [0.15, 0.2) is 96.2 Å². The van der Waals surface area contributed by atoms with Crippen molar-refractivity contribution in [1.29, 1.82) is 0 Å². The van der Waals surface area contributed by atoms with E-state index in [0.29, 0.717) is 22.8 Å². The number of aromatic nitrogens is 2. The van der Waals surface area contributed by atoms with E-state index in [1.54, 1.807) is 12.1 Å². The number of rotatable bonds is 6. The van der Waals surface area contributed by atoms with Crippen LogP contribution >= 0.6 is 0 Å². The largest absolute Gasteiger partial charge is 0.319 e. The fourth-order valence-corrected chi connectivity index (χ4v) is 4.14. The highest BCUT2D eigenvalue weighted by atomic mass is 32.2. The Hall–Kier alpha value is -4.04. The molecule has 0 unspecified atom stereocenters. The van der Waals surface area contributed by atoms with Gasteiger partial charge < -0.3 is 5.32 Å². The van der Waals surface area contributed by atoms with Gasteiger partial charge in [-0.15, -0.1) is 0 Å². The van der Waals surface area contributed by atoms with Gasteiger partial charge in [0.05, 0.1) is 28.7 Å². The maximum Gasteiger partial charge on any atom is 0.261 e. The van der Waals surface area contributed by atoms with Crippen molar-refractivity contribution in [2.45, 2.75) is 11.8 Å². The van der Waals surface area contributed by atoms with Gasteiger partial charge in [-0.2, -0.15) is 0 Å².